The van der Waals surface area contributed by atoms with Crippen LogP contribution in [0, 0.1) is 0 Å². The molecule has 23 heavy (non-hydrogen) atoms. The third-order valence-corrected chi connectivity index (χ3v) is 4.38. The summed E-state index contributed by atoms with van der Waals surface area (Å²) in [7, 11) is 0. The lowest BCUT2D eigenvalue weighted by atomic mass is 10.2. The lowest BCUT2D eigenvalue weighted by molar-refractivity contribution is 0.207. The number of urea groups is 1. The van der Waals surface area contributed by atoms with E-state index >= 15 is 0 Å². The van der Waals surface area contributed by atoms with Crippen LogP contribution in [0.4, 0.5) is 4.79 Å². The SMILES string of the molecule is CCCNC(=O)N1CC[C@@H](n2c(=O)n(CC)c3cccnc32)C1. The highest BCUT2D eigenvalue weighted by Gasteiger charge is 2.30. The lowest BCUT2D eigenvalue weighted by Gasteiger charge is -2.17. The Bertz CT molecular complexity index is 763. The van der Waals surface area contributed by atoms with Gasteiger partial charge in [0, 0.05) is 32.4 Å². The van der Waals surface area contributed by atoms with Gasteiger partial charge in [0.15, 0.2) is 5.65 Å². The number of likely N-dealkylation sites (tertiary alicyclic amines) is 1. The van der Waals surface area contributed by atoms with Crippen molar-refractivity contribution in [2.24, 2.45) is 0 Å². The number of pyridine rings is 1. The molecule has 7 nitrogen and oxygen atoms in total. The van der Waals surface area contributed by atoms with E-state index in [1.807, 2.05) is 26.0 Å². The largest absolute Gasteiger partial charge is 0.338 e. The number of hydrogen-bond acceptors (Lipinski definition) is 3. The number of rotatable bonds is 4. The van der Waals surface area contributed by atoms with E-state index in [1.165, 1.54) is 0 Å². The number of nitrogens with one attached hydrogen (secondary N) is 1. The summed E-state index contributed by atoms with van der Waals surface area (Å²) in [4.78, 5) is 31.0. The standard InChI is InChI=1S/C16H23N5O2/c1-3-8-18-15(22)19-10-7-12(11-19)21-14-13(6-5-9-17-14)20(4-2)16(21)23/h5-6,9,12H,3-4,7-8,10-11H2,1-2H3,(H,18,22)/t12-/m1/s1. The van der Waals surface area contributed by atoms with Crippen LogP contribution >= 0.6 is 0 Å². The summed E-state index contributed by atoms with van der Waals surface area (Å²) in [6.07, 6.45) is 3.40. The van der Waals surface area contributed by atoms with Gasteiger partial charge in [0.25, 0.3) is 0 Å². The monoisotopic (exact) mass is 317 g/mol. The van der Waals surface area contributed by atoms with E-state index in [4.69, 9.17) is 0 Å². The maximum atomic E-state index is 12.7. The number of amides is 2. The van der Waals surface area contributed by atoms with E-state index in [0.29, 0.717) is 31.8 Å². The van der Waals surface area contributed by atoms with Gasteiger partial charge in [-0.2, -0.15) is 0 Å². The Kier molecular flexibility index (Phi) is 4.36. The van der Waals surface area contributed by atoms with Crippen LogP contribution < -0.4 is 11.0 Å². The predicted octanol–water partition coefficient (Wildman–Crippen LogP) is 1.58. The van der Waals surface area contributed by atoms with Crippen molar-refractivity contribution in [1.29, 1.82) is 0 Å². The third-order valence-electron chi connectivity index (χ3n) is 4.38. The normalized spacial score (nSPS) is 17.8. The maximum absolute atomic E-state index is 12.7. The molecule has 1 aliphatic heterocycles. The quantitative estimate of drug-likeness (QED) is 0.930. The summed E-state index contributed by atoms with van der Waals surface area (Å²) in [5, 5.41) is 2.89. The minimum atomic E-state index is -0.0467. The Balaban J connectivity index is 1.89. The first kappa shape index (κ1) is 15.6. The molecule has 0 aromatic carbocycles. The maximum Gasteiger partial charge on any atom is 0.330 e. The van der Waals surface area contributed by atoms with E-state index in [2.05, 4.69) is 10.3 Å². The van der Waals surface area contributed by atoms with Crippen LogP contribution in [0.25, 0.3) is 11.2 Å². The fourth-order valence-corrected chi connectivity index (χ4v) is 3.22. The van der Waals surface area contributed by atoms with E-state index in [-0.39, 0.29) is 17.8 Å². The van der Waals surface area contributed by atoms with Crippen molar-refractivity contribution in [3.8, 4) is 0 Å². The number of imidazole rings is 1. The van der Waals surface area contributed by atoms with Crippen LogP contribution in [-0.4, -0.2) is 44.7 Å². The van der Waals surface area contributed by atoms with Crippen LogP contribution in [0.15, 0.2) is 23.1 Å². The van der Waals surface area contributed by atoms with E-state index in [1.54, 1.807) is 20.2 Å². The zero-order chi connectivity index (χ0) is 16.4. The zero-order valence-corrected chi connectivity index (χ0v) is 13.7. The highest BCUT2D eigenvalue weighted by Crippen LogP contribution is 2.24. The first-order valence-corrected chi connectivity index (χ1v) is 8.25. The molecule has 2 aromatic rings. The smallest absolute Gasteiger partial charge is 0.330 e. The van der Waals surface area contributed by atoms with E-state index in [9.17, 15) is 9.59 Å². The molecule has 124 valence electrons. The van der Waals surface area contributed by atoms with E-state index in [0.717, 1.165) is 18.4 Å². The average molecular weight is 317 g/mol. The number of aryl methyl sites for hydroxylation is 1. The molecule has 1 N–H and O–H groups in total. The summed E-state index contributed by atoms with van der Waals surface area (Å²) in [5.74, 6) is 0. The van der Waals surface area contributed by atoms with Crippen molar-refractivity contribution in [1.82, 2.24) is 24.3 Å². The van der Waals surface area contributed by atoms with Crippen molar-refractivity contribution in [2.75, 3.05) is 19.6 Å². The van der Waals surface area contributed by atoms with E-state index < -0.39 is 0 Å². The van der Waals surface area contributed by atoms with Crippen molar-refractivity contribution in [2.45, 2.75) is 39.3 Å². The molecule has 1 atom stereocenters. The van der Waals surface area contributed by atoms with Crippen LogP contribution in [0.2, 0.25) is 0 Å². The fourth-order valence-electron chi connectivity index (χ4n) is 3.22. The van der Waals surface area contributed by atoms with Crippen molar-refractivity contribution in [3.05, 3.63) is 28.8 Å². The molecule has 0 unspecified atom stereocenters. The molecule has 1 aliphatic rings. The molecule has 7 heteroatoms. The number of carbonyl (C=O) groups is 1. The van der Waals surface area contributed by atoms with Gasteiger partial charge in [-0.15, -0.1) is 0 Å². The number of fused-ring (bicyclic) bond motifs is 1. The van der Waals surface area contributed by atoms with Gasteiger partial charge in [-0.3, -0.25) is 9.13 Å². The predicted molar refractivity (Wildman–Crippen MR) is 88.6 cm³/mol. The zero-order valence-electron chi connectivity index (χ0n) is 13.7. The molecular formula is C16H23N5O2. The van der Waals surface area contributed by atoms with Gasteiger partial charge in [-0.1, -0.05) is 6.92 Å². The Morgan fingerprint density at radius 3 is 3.00 bits per heavy atom. The molecular weight excluding hydrogens is 294 g/mol. The summed E-state index contributed by atoms with van der Waals surface area (Å²) in [6.45, 7) is 6.49. The van der Waals surface area contributed by atoms with Gasteiger partial charge in [-0.25, -0.2) is 14.6 Å². The Labute approximate surface area is 134 Å². The highest BCUT2D eigenvalue weighted by molar-refractivity contribution is 5.75. The van der Waals surface area contributed by atoms with Crippen molar-refractivity contribution in [3.63, 3.8) is 0 Å². The van der Waals surface area contributed by atoms with Crippen molar-refractivity contribution >= 4 is 17.2 Å². The minimum absolute atomic E-state index is 0.0138. The van der Waals surface area contributed by atoms with Gasteiger partial charge in [-0.05, 0) is 31.9 Å². The molecule has 2 amide bonds. The highest BCUT2D eigenvalue weighted by atomic mass is 16.2. The third kappa shape index (κ3) is 2.71. The summed E-state index contributed by atoms with van der Waals surface area (Å²) >= 11 is 0. The second-order valence-electron chi connectivity index (χ2n) is 5.86. The van der Waals surface area contributed by atoms with Crippen LogP contribution in [-0.2, 0) is 6.54 Å². The second-order valence-corrected chi connectivity index (χ2v) is 5.86. The molecule has 1 saturated heterocycles. The number of nitrogens with zero attached hydrogens (tertiary/aromatic N) is 4. The molecule has 0 bridgehead atoms. The van der Waals surface area contributed by atoms with Gasteiger partial charge < -0.3 is 10.2 Å². The van der Waals surface area contributed by atoms with Gasteiger partial charge in [0.2, 0.25) is 0 Å². The lowest BCUT2D eigenvalue weighted by Crippen LogP contribution is -2.39. The molecule has 3 rings (SSSR count). The van der Waals surface area contributed by atoms with Crippen LogP contribution in [0.5, 0.6) is 0 Å². The summed E-state index contributed by atoms with van der Waals surface area (Å²) in [5.41, 5.74) is 1.52. The number of hydrogen-bond donors (Lipinski definition) is 1. The number of aromatic nitrogens is 3. The Morgan fingerprint density at radius 1 is 1.43 bits per heavy atom. The number of carbonyl (C=O) groups excluding carboxylic acids is 1. The topological polar surface area (TPSA) is 72.2 Å². The first-order chi connectivity index (χ1) is 11.2. The first-order valence-electron chi connectivity index (χ1n) is 8.25. The van der Waals surface area contributed by atoms with Gasteiger partial charge >= 0.3 is 11.7 Å². The minimum Gasteiger partial charge on any atom is -0.338 e. The second kappa shape index (κ2) is 6.44. The molecule has 0 spiro atoms. The average Bonchev–Trinajstić information content (AvgIpc) is 3.14. The van der Waals surface area contributed by atoms with Crippen LogP contribution in [0.3, 0.4) is 0 Å². The van der Waals surface area contributed by atoms with Gasteiger partial charge in [0.1, 0.15) is 0 Å². The molecule has 0 aliphatic carbocycles. The Morgan fingerprint density at radius 2 is 2.26 bits per heavy atom. The molecule has 0 saturated carbocycles. The summed E-state index contributed by atoms with van der Waals surface area (Å²) < 4.78 is 3.49. The van der Waals surface area contributed by atoms with Crippen molar-refractivity contribution < 1.29 is 4.79 Å². The molecule has 2 aromatic heterocycles. The Hall–Kier alpha value is -2.31. The summed E-state index contributed by atoms with van der Waals surface area (Å²) in [6, 6.07) is 3.71. The molecule has 0 radical (unpaired) electrons. The van der Waals surface area contributed by atoms with Crippen LogP contribution in [0.1, 0.15) is 32.7 Å². The molecule has 1 fully saturated rings. The molecule has 3 heterocycles. The van der Waals surface area contributed by atoms with Gasteiger partial charge in [0.05, 0.1) is 11.6 Å². The fraction of sp³-hybridized carbons (Fsp3) is 0.562.